The predicted octanol–water partition coefficient (Wildman–Crippen LogP) is 2.81. The molecule has 1 aromatic heterocycles. The normalized spacial score (nSPS) is 12.7. The number of phenolic OH excluding ortho intramolecular Hbond substituents is 1. The molecule has 0 aliphatic heterocycles. The van der Waals surface area contributed by atoms with Crippen LogP contribution in [0.15, 0.2) is 28.6 Å². The first-order valence-corrected chi connectivity index (χ1v) is 9.61. The molecule has 0 bridgehead atoms. The highest BCUT2D eigenvalue weighted by Gasteiger charge is 2.13. The van der Waals surface area contributed by atoms with Crippen LogP contribution >= 0.6 is 11.3 Å². The van der Waals surface area contributed by atoms with Gasteiger partial charge in [0.25, 0.3) is 0 Å². The van der Waals surface area contributed by atoms with E-state index in [1.54, 1.807) is 38.7 Å². The maximum atomic E-state index is 10.1. The van der Waals surface area contributed by atoms with Crippen LogP contribution in [-0.2, 0) is 17.7 Å². The van der Waals surface area contributed by atoms with Gasteiger partial charge >= 0.3 is 0 Å². The SMILES string of the molecule is CN=C(NCCc1ccc(OC)cc1O)N(C)Cc1csc(C(C)OC)n1. The van der Waals surface area contributed by atoms with E-state index in [-0.39, 0.29) is 11.9 Å². The molecule has 1 heterocycles. The molecule has 1 aromatic carbocycles. The number of aromatic nitrogens is 1. The first-order chi connectivity index (χ1) is 13.0. The van der Waals surface area contributed by atoms with Crippen molar-refractivity contribution in [2.45, 2.75) is 26.0 Å². The van der Waals surface area contributed by atoms with Crippen LogP contribution in [0.3, 0.4) is 0 Å². The number of hydrogen-bond donors (Lipinski definition) is 2. The van der Waals surface area contributed by atoms with Crippen molar-refractivity contribution < 1.29 is 14.6 Å². The first-order valence-electron chi connectivity index (χ1n) is 8.73. The van der Waals surface area contributed by atoms with Crippen LogP contribution < -0.4 is 10.1 Å². The number of thiazole rings is 1. The maximum Gasteiger partial charge on any atom is 0.193 e. The minimum atomic E-state index is 0.00340. The summed E-state index contributed by atoms with van der Waals surface area (Å²) in [5.41, 5.74) is 1.84. The number of ether oxygens (including phenoxy) is 2. The van der Waals surface area contributed by atoms with Crippen molar-refractivity contribution in [1.82, 2.24) is 15.2 Å². The van der Waals surface area contributed by atoms with E-state index in [4.69, 9.17) is 9.47 Å². The molecule has 7 nitrogen and oxygen atoms in total. The number of methoxy groups -OCH3 is 2. The van der Waals surface area contributed by atoms with Gasteiger partial charge in [0.15, 0.2) is 5.96 Å². The summed E-state index contributed by atoms with van der Waals surface area (Å²) in [5, 5.41) is 16.4. The molecule has 2 N–H and O–H groups in total. The fraction of sp³-hybridized carbons (Fsp3) is 0.474. The number of nitrogens with zero attached hydrogens (tertiary/aromatic N) is 3. The molecule has 27 heavy (non-hydrogen) atoms. The van der Waals surface area contributed by atoms with Crippen LogP contribution in [0.25, 0.3) is 0 Å². The second kappa shape index (κ2) is 10.1. The fourth-order valence-corrected chi connectivity index (χ4v) is 3.42. The van der Waals surface area contributed by atoms with Gasteiger partial charge in [-0.3, -0.25) is 4.99 Å². The molecule has 0 spiro atoms. The Morgan fingerprint density at radius 1 is 1.41 bits per heavy atom. The Balaban J connectivity index is 1.88. The summed E-state index contributed by atoms with van der Waals surface area (Å²) >= 11 is 1.60. The summed E-state index contributed by atoms with van der Waals surface area (Å²) in [6, 6.07) is 5.34. The topological polar surface area (TPSA) is 79.2 Å². The van der Waals surface area contributed by atoms with Gasteiger partial charge in [-0.25, -0.2) is 4.98 Å². The van der Waals surface area contributed by atoms with Crippen molar-refractivity contribution in [3.05, 3.63) is 39.8 Å². The van der Waals surface area contributed by atoms with E-state index >= 15 is 0 Å². The summed E-state index contributed by atoms with van der Waals surface area (Å²) in [6.45, 7) is 3.29. The van der Waals surface area contributed by atoms with Crippen molar-refractivity contribution in [1.29, 1.82) is 0 Å². The molecule has 0 fully saturated rings. The fourth-order valence-electron chi connectivity index (χ4n) is 2.58. The molecule has 0 aliphatic carbocycles. The maximum absolute atomic E-state index is 10.1. The van der Waals surface area contributed by atoms with Crippen molar-refractivity contribution in [2.75, 3.05) is 34.9 Å². The number of rotatable bonds is 8. The van der Waals surface area contributed by atoms with Gasteiger partial charge in [0.1, 0.15) is 22.6 Å². The summed E-state index contributed by atoms with van der Waals surface area (Å²) < 4.78 is 10.4. The first kappa shape index (κ1) is 21.0. The lowest BCUT2D eigenvalue weighted by Gasteiger charge is -2.21. The average Bonchev–Trinajstić information content (AvgIpc) is 3.13. The molecule has 1 unspecified atom stereocenters. The Bertz CT molecular complexity index is 763. The van der Waals surface area contributed by atoms with Crippen LogP contribution in [0, 0.1) is 0 Å². The summed E-state index contributed by atoms with van der Waals surface area (Å²) in [5.74, 6) is 1.66. The van der Waals surface area contributed by atoms with E-state index in [1.165, 1.54) is 0 Å². The lowest BCUT2D eigenvalue weighted by Crippen LogP contribution is -2.39. The number of guanidine groups is 1. The van der Waals surface area contributed by atoms with E-state index in [9.17, 15) is 5.11 Å². The van der Waals surface area contributed by atoms with Crippen LogP contribution in [0.2, 0.25) is 0 Å². The van der Waals surface area contributed by atoms with Gasteiger partial charge in [-0.1, -0.05) is 6.07 Å². The van der Waals surface area contributed by atoms with Crippen molar-refractivity contribution in [3.8, 4) is 11.5 Å². The second-order valence-electron chi connectivity index (χ2n) is 6.13. The lowest BCUT2D eigenvalue weighted by molar-refractivity contribution is 0.119. The van der Waals surface area contributed by atoms with Crippen molar-refractivity contribution in [2.24, 2.45) is 4.99 Å². The Morgan fingerprint density at radius 3 is 2.81 bits per heavy atom. The van der Waals surface area contributed by atoms with Gasteiger partial charge in [-0.05, 0) is 25.0 Å². The van der Waals surface area contributed by atoms with Gasteiger partial charge in [-0.15, -0.1) is 11.3 Å². The molecule has 1 atom stereocenters. The number of phenols is 1. The number of aromatic hydroxyl groups is 1. The Hall–Kier alpha value is -2.32. The second-order valence-corrected chi connectivity index (χ2v) is 7.02. The monoisotopic (exact) mass is 392 g/mol. The number of nitrogens with one attached hydrogen (secondary N) is 1. The summed E-state index contributed by atoms with van der Waals surface area (Å²) in [7, 11) is 6.99. The van der Waals surface area contributed by atoms with Crippen LogP contribution in [0.5, 0.6) is 11.5 Å². The largest absolute Gasteiger partial charge is 0.508 e. The third-order valence-corrected chi connectivity index (χ3v) is 5.27. The lowest BCUT2D eigenvalue weighted by atomic mass is 10.1. The average molecular weight is 393 g/mol. The third kappa shape index (κ3) is 5.83. The molecule has 148 valence electrons. The third-order valence-electron chi connectivity index (χ3n) is 4.21. The molecular weight excluding hydrogens is 364 g/mol. The van der Waals surface area contributed by atoms with E-state index in [2.05, 4.69) is 15.3 Å². The smallest absolute Gasteiger partial charge is 0.193 e. The molecule has 8 heteroatoms. The highest BCUT2D eigenvalue weighted by atomic mass is 32.1. The molecule has 0 saturated carbocycles. The van der Waals surface area contributed by atoms with Crippen LogP contribution in [-0.4, -0.2) is 55.8 Å². The van der Waals surface area contributed by atoms with Crippen molar-refractivity contribution in [3.63, 3.8) is 0 Å². The van der Waals surface area contributed by atoms with Crippen LogP contribution in [0.4, 0.5) is 0 Å². The zero-order chi connectivity index (χ0) is 19.8. The molecular formula is C19H28N4O3S. The number of hydrogen-bond acceptors (Lipinski definition) is 6. The standard InChI is InChI=1S/C19H28N4O3S/c1-13(25-4)18-22-15(12-27-18)11-23(3)19(20-2)21-9-8-14-6-7-16(26-5)10-17(14)24/h6-7,10,12-13,24H,8-9,11H2,1-5H3,(H,20,21). The molecule has 0 aliphatic rings. The molecule has 2 rings (SSSR count). The quantitative estimate of drug-likeness (QED) is 0.531. The Kier molecular flexibility index (Phi) is 7.87. The van der Waals surface area contributed by atoms with Crippen molar-refractivity contribution >= 4 is 17.3 Å². The molecule has 0 amide bonds. The Labute approximate surface area is 164 Å². The number of benzene rings is 1. The number of aliphatic imine (C=N–C) groups is 1. The zero-order valence-corrected chi connectivity index (χ0v) is 17.3. The van der Waals surface area contributed by atoms with E-state index in [0.717, 1.165) is 22.2 Å². The van der Waals surface area contributed by atoms with Gasteiger partial charge in [0.2, 0.25) is 0 Å². The van der Waals surface area contributed by atoms with E-state index < -0.39 is 0 Å². The summed E-state index contributed by atoms with van der Waals surface area (Å²) in [4.78, 5) is 11.0. The van der Waals surface area contributed by atoms with Gasteiger partial charge in [0.05, 0.1) is 19.3 Å². The molecule has 0 saturated heterocycles. The highest BCUT2D eigenvalue weighted by molar-refractivity contribution is 7.09. The predicted molar refractivity (Wildman–Crippen MR) is 109 cm³/mol. The Morgan fingerprint density at radius 2 is 2.19 bits per heavy atom. The minimum absolute atomic E-state index is 0.00340. The molecule has 0 radical (unpaired) electrons. The summed E-state index contributed by atoms with van der Waals surface area (Å²) in [6.07, 6.45) is 0.679. The minimum Gasteiger partial charge on any atom is -0.508 e. The van der Waals surface area contributed by atoms with E-state index in [0.29, 0.717) is 25.3 Å². The zero-order valence-electron chi connectivity index (χ0n) is 16.5. The van der Waals surface area contributed by atoms with Gasteiger partial charge in [0, 0.05) is 39.2 Å². The van der Waals surface area contributed by atoms with E-state index in [1.807, 2.05) is 36.4 Å². The highest BCUT2D eigenvalue weighted by Crippen LogP contribution is 2.23. The van der Waals surface area contributed by atoms with Crippen LogP contribution in [0.1, 0.15) is 29.3 Å². The van der Waals surface area contributed by atoms with Gasteiger partial charge in [-0.2, -0.15) is 0 Å². The van der Waals surface area contributed by atoms with Gasteiger partial charge < -0.3 is 24.8 Å². The molecule has 2 aromatic rings.